The lowest BCUT2D eigenvalue weighted by Crippen LogP contribution is -2.13. The number of carbonyl (C=O) groups is 1. The molecular weight excluding hydrogens is 252 g/mol. The molecule has 2 aromatic rings. The Bertz CT molecular complexity index is 671. The van der Waals surface area contributed by atoms with Crippen molar-refractivity contribution in [1.82, 2.24) is 9.97 Å². The van der Waals surface area contributed by atoms with Crippen molar-refractivity contribution in [1.29, 1.82) is 0 Å². The highest BCUT2D eigenvalue weighted by Crippen LogP contribution is 2.15. The molecule has 5 heteroatoms. The molecular formula is C15H14N4O. The zero-order valence-corrected chi connectivity index (χ0v) is 11.1. The summed E-state index contributed by atoms with van der Waals surface area (Å²) in [4.78, 5) is 19.7. The molecule has 20 heavy (non-hydrogen) atoms. The molecule has 0 saturated carbocycles. The van der Waals surface area contributed by atoms with Crippen LogP contribution in [0.5, 0.6) is 0 Å². The van der Waals surface area contributed by atoms with Gasteiger partial charge in [0, 0.05) is 23.6 Å². The molecule has 0 atom stereocenters. The standard InChI is InChI=1S/C15H14N4O/c1-11-9-13(5-4-12(11)3-2-6-16)19-15(20)14-10-17-7-8-18-14/h4-5,7-10H,6,16H2,1H3,(H,19,20). The summed E-state index contributed by atoms with van der Waals surface area (Å²) in [7, 11) is 0. The summed E-state index contributed by atoms with van der Waals surface area (Å²) < 4.78 is 0. The zero-order valence-electron chi connectivity index (χ0n) is 11.1. The maximum atomic E-state index is 11.9. The molecule has 0 aliphatic heterocycles. The van der Waals surface area contributed by atoms with Crippen LogP contribution in [-0.4, -0.2) is 22.4 Å². The summed E-state index contributed by atoms with van der Waals surface area (Å²) in [6.45, 7) is 2.25. The molecule has 0 unspecified atom stereocenters. The number of amides is 1. The van der Waals surface area contributed by atoms with Gasteiger partial charge in [0.25, 0.3) is 5.91 Å². The van der Waals surface area contributed by atoms with Gasteiger partial charge in [-0.1, -0.05) is 11.8 Å². The minimum absolute atomic E-state index is 0.275. The molecule has 100 valence electrons. The van der Waals surface area contributed by atoms with Crippen molar-refractivity contribution in [3.05, 3.63) is 53.6 Å². The molecule has 1 aromatic carbocycles. The number of hydrogen-bond donors (Lipinski definition) is 2. The van der Waals surface area contributed by atoms with Crippen molar-refractivity contribution in [2.75, 3.05) is 11.9 Å². The maximum Gasteiger partial charge on any atom is 0.275 e. The summed E-state index contributed by atoms with van der Waals surface area (Å²) in [6, 6.07) is 5.50. The van der Waals surface area contributed by atoms with Gasteiger partial charge in [0.1, 0.15) is 5.69 Å². The van der Waals surface area contributed by atoms with Crippen LogP contribution in [0.15, 0.2) is 36.8 Å². The molecule has 2 rings (SSSR count). The van der Waals surface area contributed by atoms with Crippen molar-refractivity contribution in [3.63, 3.8) is 0 Å². The minimum Gasteiger partial charge on any atom is -0.321 e. The number of aromatic nitrogens is 2. The van der Waals surface area contributed by atoms with Crippen LogP contribution in [-0.2, 0) is 0 Å². The molecule has 0 aliphatic carbocycles. The van der Waals surface area contributed by atoms with E-state index >= 15 is 0 Å². The molecule has 0 radical (unpaired) electrons. The predicted octanol–water partition coefficient (Wildman–Crippen LogP) is 1.35. The van der Waals surface area contributed by atoms with Crippen molar-refractivity contribution in [2.45, 2.75) is 6.92 Å². The Morgan fingerprint density at radius 2 is 2.25 bits per heavy atom. The second-order valence-corrected chi connectivity index (χ2v) is 4.08. The number of aryl methyl sites for hydroxylation is 1. The summed E-state index contributed by atoms with van der Waals surface area (Å²) in [5.41, 5.74) is 8.18. The first-order chi connectivity index (χ1) is 9.70. The number of nitrogens with zero attached hydrogens (tertiary/aromatic N) is 2. The number of anilines is 1. The molecule has 0 spiro atoms. The van der Waals surface area contributed by atoms with Gasteiger partial charge in [-0.3, -0.25) is 9.78 Å². The maximum absolute atomic E-state index is 11.9. The number of rotatable bonds is 2. The Kier molecular flexibility index (Phi) is 4.43. The molecule has 1 aromatic heterocycles. The Balaban J connectivity index is 2.15. The fourth-order valence-electron chi connectivity index (χ4n) is 1.64. The summed E-state index contributed by atoms with van der Waals surface area (Å²) >= 11 is 0. The van der Waals surface area contributed by atoms with E-state index in [1.165, 1.54) is 18.6 Å². The minimum atomic E-state index is -0.293. The first kappa shape index (κ1) is 13.7. The van der Waals surface area contributed by atoms with Crippen LogP contribution >= 0.6 is 0 Å². The van der Waals surface area contributed by atoms with Crippen molar-refractivity contribution in [2.24, 2.45) is 5.73 Å². The second kappa shape index (κ2) is 6.45. The third-order valence-corrected chi connectivity index (χ3v) is 2.61. The highest BCUT2D eigenvalue weighted by Gasteiger charge is 2.07. The number of benzene rings is 1. The predicted molar refractivity (Wildman–Crippen MR) is 77.1 cm³/mol. The van der Waals surface area contributed by atoms with Crippen LogP contribution in [0.2, 0.25) is 0 Å². The van der Waals surface area contributed by atoms with Crippen LogP contribution in [0, 0.1) is 18.8 Å². The average Bonchev–Trinajstić information content (AvgIpc) is 2.47. The van der Waals surface area contributed by atoms with Gasteiger partial charge in [0.15, 0.2) is 0 Å². The summed E-state index contributed by atoms with van der Waals surface area (Å²) in [6.07, 6.45) is 4.42. The topological polar surface area (TPSA) is 80.9 Å². The SMILES string of the molecule is Cc1cc(NC(=O)c2cnccn2)ccc1C#CCN. The van der Waals surface area contributed by atoms with Crippen LogP contribution in [0.4, 0.5) is 5.69 Å². The lowest BCUT2D eigenvalue weighted by atomic mass is 10.1. The fraction of sp³-hybridized carbons (Fsp3) is 0.133. The number of nitrogens with two attached hydrogens (primary N) is 1. The van der Waals surface area contributed by atoms with Gasteiger partial charge in [-0.2, -0.15) is 0 Å². The lowest BCUT2D eigenvalue weighted by Gasteiger charge is -2.06. The van der Waals surface area contributed by atoms with Crippen molar-refractivity contribution < 1.29 is 4.79 Å². The van der Waals surface area contributed by atoms with Gasteiger partial charge < -0.3 is 11.1 Å². The number of nitrogens with one attached hydrogen (secondary N) is 1. The molecule has 0 fully saturated rings. The van der Waals surface area contributed by atoms with Gasteiger partial charge in [-0.15, -0.1) is 0 Å². The third kappa shape index (κ3) is 3.40. The van der Waals surface area contributed by atoms with E-state index in [1.54, 1.807) is 6.07 Å². The summed E-state index contributed by atoms with van der Waals surface area (Å²) in [5.74, 6) is 5.49. The highest BCUT2D eigenvalue weighted by atomic mass is 16.1. The largest absolute Gasteiger partial charge is 0.321 e. The van der Waals surface area contributed by atoms with Crippen LogP contribution < -0.4 is 11.1 Å². The van der Waals surface area contributed by atoms with Crippen molar-refractivity contribution in [3.8, 4) is 11.8 Å². The average molecular weight is 266 g/mol. The van der Waals surface area contributed by atoms with E-state index in [-0.39, 0.29) is 11.6 Å². The van der Waals surface area contributed by atoms with Gasteiger partial charge in [0.05, 0.1) is 12.7 Å². The monoisotopic (exact) mass is 266 g/mol. The Morgan fingerprint density at radius 3 is 2.90 bits per heavy atom. The molecule has 0 saturated heterocycles. The smallest absolute Gasteiger partial charge is 0.275 e. The van der Waals surface area contributed by atoms with Crippen LogP contribution in [0.3, 0.4) is 0 Å². The summed E-state index contributed by atoms with van der Waals surface area (Å²) in [5, 5.41) is 2.77. The molecule has 3 N–H and O–H groups in total. The zero-order chi connectivity index (χ0) is 14.4. The lowest BCUT2D eigenvalue weighted by molar-refractivity contribution is 0.102. The molecule has 5 nitrogen and oxygen atoms in total. The number of carbonyl (C=O) groups excluding carboxylic acids is 1. The van der Waals surface area contributed by atoms with E-state index in [1.807, 2.05) is 19.1 Å². The highest BCUT2D eigenvalue weighted by molar-refractivity contribution is 6.02. The van der Waals surface area contributed by atoms with Gasteiger partial charge in [0.2, 0.25) is 0 Å². The Morgan fingerprint density at radius 1 is 1.40 bits per heavy atom. The van der Waals surface area contributed by atoms with Gasteiger partial charge in [-0.05, 0) is 30.7 Å². The Hall–Kier alpha value is -2.71. The van der Waals surface area contributed by atoms with Crippen LogP contribution in [0.1, 0.15) is 21.6 Å². The number of hydrogen-bond acceptors (Lipinski definition) is 4. The normalized spacial score (nSPS) is 9.50. The van der Waals surface area contributed by atoms with Gasteiger partial charge in [-0.25, -0.2) is 4.98 Å². The van der Waals surface area contributed by atoms with E-state index in [2.05, 4.69) is 27.1 Å². The van der Waals surface area contributed by atoms with Crippen molar-refractivity contribution >= 4 is 11.6 Å². The molecule has 0 aliphatic rings. The molecule has 1 heterocycles. The third-order valence-electron chi connectivity index (χ3n) is 2.61. The molecule has 0 bridgehead atoms. The van der Waals surface area contributed by atoms with E-state index in [4.69, 9.17) is 5.73 Å². The van der Waals surface area contributed by atoms with E-state index in [9.17, 15) is 4.79 Å². The van der Waals surface area contributed by atoms with E-state index in [0.29, 0.717) is 12.2 Å². The van der Waals surface area contributed by atoms with Gasteiger partial charge >= 0.3 is 0 Å². The second-order valence-electron chi connectivity index (χ2n) is 4.08. The first-order valence-electron chi connectivity index (χ1n) is 6.07. The first-order valence-corrected chi connectivity index (χ1v) is 6.07. The van der Waals surface area contributed by atoms with E-state index < -0.39 is 0 Å². The Labute approximate surface area is 117 Å². The molecule has 1 amide bonds. The van der Waals surface area contributed by atoms with Crippen LogP contribution in [0.25, 0.3) is 0 Å². The quantitative estimate of drug-likeness (QED) is 0.804. The fourth-order valence-corrected chi connectivity index (χ4v) is 1.64. The van der Waals surface area contributed by atoms with E-state index in [0.717, 1.165) is 11.1 Å².